The Hall–Kier alpha value is -2.47. The fourth-order valence-corrected chi connectivity index (χ4v) is 3.80. The van der Waals surface area contributed by atoms with Crippen molar-refractivity contribution in [2.24, 2.45) is 0 Å². The summed E-state index contributed by atoms with van der Waals surface area (Å²) in [5.41, 5.74) is 4.27. The van der Waals surface area contributed by atoms with E-state index in [-0.39, 0.29) is 12.0 Å². The second-order valence-electron chi connectivity index (χ2n) is 7.11. The summed E-state index contributed by atoms with van der Waals surface area (Å²) in [6, 6.07) is 6.15. The van der Waals surface area contributed by atoms with Crippen LogP contribution >= 0.6 is 0 Å². The zero-order chi connectivity index (χ0) is 18.1. The summed E-state index contributed by atoms with van der Waals surface area (Å²) in [5, 5.41) is 0. The standard InChI is InChI=1S/C20H24N4O2/c1-23(2)19-18(21-8-9-22-19)17-13-24(10-11-26-17)20(25)16-7-6-14-4-3-5-15(14)12-16/h6-9,12,17H,3-5,10-11,13H2,1-2H3. The van der Waals surface area contributed by atoms with E-state index in [1.165, 1.54) is 17.5 Å². The van der Waals surface area contributed by atoms with E-state index in [4.69, 9.17) is 4.74 Å². The van der Waals surface area contributed by atoms with Gasteiger partial charge in [0.25, 0.3) is 5.91 Å². The molecule has 0 N–H and O–H groups in total. The minimum atomic E-state index is -0.256. The van der Waals surface area contributed by atoms with Crippen LogP contribution < -0.4 is 4.90 Å². The number of fused-ring (bicyclic) bond motifs is 1. The van der Waals surface area contributed by atoms with Crippen molar-refractivity contribution in [2.45, 2.75) is 25.4 Å². The molecule has 1 aliphatic heterocycles. The van der Waals surface area contributed by atoms with Gasteiger partial charge in [-0.05, 0) is 42.5 Å². The molecule has 136 valence electrons. The fraction of sp³-hybridized carbons (Fsp3) is 0.450. The highest BCUT2D eigenvalue weighted by Gasteiger charge is 2.29. The molecule has 4 rings (SSSR count). The summed E-state index contributed by atoms with van der Waals surface area (Å²) >= 11 is 0. The van der Waals surface area contributed by atoms with Crippen molar-refractivity contribution in [3.05, 3.63) is 53.0 Å². The summed E-state index contributed by atoms with van der Waals surface area (Å²) in [6.45, 7) is 1.60. The number of aromatic nitrogens is 2. The van der Waals surface area contributed by atoms with Crippen molar-refractivity contribution in [3.63, 3.8) is 0 Å². The molecule has 0 saturated carbocycles. The molecule has 26 heavy (non-hydrogen) atoms. The molecule has 0 radical (unpaired) electrons. The fourth-order valence-electron chi connectivity index (χ4n) is 3.80. The van der Waals surface area contributed by atoms with Crippen LogP contribution in [0.2, 0.25) is 0 Å². The monoisotopic (exact) mass is 352 g/mol. The highest BCUT2D eigenvalue weighted by molar-refractivity contribution is 5.94. The van der Waals surface area contributed by atoms with E-state index in [1.807, 2.05) is 30.0 Å². The number of aryl methyl sites for hydroxylation is 2. The van der Waals surface area contributed by atoms with E-state index in [0.29, 0.717) is 19.7 Å². The maximum Gasteiger partial charge on any atom is 0.254 e. The average molecular weight is 352 g/mol. The van der Waals surface area contributed by atoms with Crippen molar-refractivity contribution in [1.29, 1.82) is 0 Å². The molecule has 0 bridgehead atoms. The summed E-state index contributed by atoms with van der Waals surface area (Å²) < 4.78 is 5.92. The molecule has 2 aliphatic rings. The highest BCUT2D eigenvalue weighted by atomic mass is 16.5. The second-order valence-corrected chi connectivity index (χ2v) is 7.11. The normalized spacial score (nSPS) is 19.3. The lowest BCUT2D eigenvalue weighted by molar-refractivity contribution is -0.0246. The quantitative estimate of drug-likeness (QED) is 0.848. The summed E-state index contributed by atoms with van der Waals surface area (Å²) in [4.78, 5) is 25.7. The van der Waals surface area contributed by atoms with Crippen LogP contribution in [0.25, 0.3) is 0 Å². The van der Waals surface area contributed by atoms with Gasteiger partial charge in [-0.2, -0.15) is 0 Å². The lowest BCUT2D eigenvalue weighted by Crippen LogP contribution is -2.42. The van der Waals surface area contributed by atoms with E-state index in [0.717, 1.165) is 29.9 Å². The van der Waals surface area contributed by atoms with Gasteiger partial charge in [-0.15, -0.1) is 0 Å². The third-order valence-electron chi connectivity index (χ3n) is 5.13. The number of morpholine rings is 1. The molecule has 1 aromatic heterocycles. The number of ether oxygens (including phenoxy) is 1. The topological polar surface area (TPSA) is 58.6 Å². The molecule has 1 aliphatic carbocycles. The van der Waals surface area contributed by atoms with Gasteiger partial charge >= 0.3 is 0 Å². The smallest absolute Gasteiger partial charge is 0.254 e. The van der Waals surface area contributed by atoms with E-state index >= 15 is 0 Å². The van der Waals surface area contributed by atoms with Gasteiger partial charge in [0.05, 0.1) is 13.2 Å². The van der Waals surface area contributed by atoms with Crippen molar-refractivity contribution in [2.75, 3.05) is 38.7 Å². The van der Waals surface area contributed by atoms with Crippen LogP contribution in [0.3, 0.4) is 0 Å². The third kappa shape index (κ3) is 3.17. The average Bonchev–Trinajstić information content (AvgIpc) is 3.15. The first-order chi connectivity index (χ1) is 12.6. The Morgan fingerprint density at radius 2 is 2.00 bits per heavy atom. The number of nitrogens with zero attached hydrogens (tertiary/aromatic N) is 4. The maximum absolute atomic E-state index is 13.0. The number of hydrogen-bond donors (Lipinski definition) is 0. The first-order valence-electron chi connectivity index (χ1n) is 9.14. The van der Waals surface area contributed by atoms with Crippen molar-refractivity contribution in [3.8, 4) is 0 Å². The highest BCUT2D eigenvalue weighted by Crippen LogP contribution is 2.28. The molecule has 2 aromatic rings. The van der Waals surface area contributed by atoms with Crippen LogP contribution in [-0.2, 0) is 17.6 Å². The van der Waals surface area contributed by atoms with Crippen LogP contribution in [-0.4, -0.2) is 54.6 Å². The molecule has 2 heterocycles. The van der Waals surface area contributed by atoms with Crippen LogP contribution in [0.5, 0.6) is 0 Å². The van der Waals surface area contributed by atoms with Gasteiger partial charge in [0.2, 0.25) is 0 Å². The van der Waals surface area contributed by atoms with Gasteiger partial charge in [-0.3, -0.25) is 9.78 Å². The van der Waals surface area contributed by atoms with E-state index in [2.05, 4.69) is 22.1 Å². The number of benzene rings is 1. The van der Waals surface area contributed by atoms with Gasteiger partial charge in [-0.1, -0.05) is 6.07 Å². The van der Waals surface area contributed by atoms with Gasteiger partial charge in [0, 0.05) is 38.6 Å². The number of hydrogen-bond acceptors (Lipinski definition) is 5. The first kappa shape index (κ1) is 17.0. The zero-order valence-electron chi connectivity index (χ0n) is 15.3. The largest absolute Gasteiger partial charge is 0.368 e. The lowest BCUT2D eigenvalue weighted by atomic mass is 10.0. The van der Waals surface area contributed by atoms with Gasteiger partial charge < -0.3 is 14.5 Å². The molecule has 1 fully saturated rings. The molecule has 1 atom stereocenters. The molecule has 6 heteroatoms. The predicted octanol–water partition coefficient (Wildman–Crippen LogP) is 2.25. The Kier molecular flexibility index (Phi) is 4.59. The minimum absolute atomic E-state index is 0.0725. The van der Waals surface area contributed by atoms with Crippen LogP contribution in [0.15, 0.2) is 30.6 Å². The Morgan fingerprint density at radius 3 is 2.85 bits per heavy atom. The zero-order valence-corrected chi connectivity index (χ0v) is 15.3. The van der Waals surface area contributed by atoms with Crippen LogP contribution in [0, 0.1) is 0 Å². The molecular weight excluding hydrogens is 328 g/mol. The van der Waals surface area contributed by atoms with E-state index in [9.17, 15) is 4.79 Å². The summed E-state index contributed by atoms with van der Waals surface area (Å²) in [6.07, 6.45) is 6.49. The Bertz CT molecular complexity index is 821. The second kappa shape index (κ2) is 7.03. The summed E-state index contributed by atoms with van der Waals surface area (Å²) in [5.74, 6) is 0.854. The molecular formula is C20H24N4O2. The lowest BCUT2D eigenvalue weighted by Gasteiger charge is -2.33. The number of carbonyl (C=O) groups excluding carboxylic acids is 1. The molecule has 1 saturated heterocycles. The minimum Gasteiger partial charge on any atom is -0.368 e. The molecule has 1 amide bonds. The number of anilines is 1. The molecule has 1 unspecified atom stereocenters. The first-order valence-corrected chi connectivity index (χ1v) is 9.14. The van der Waals surface area contributed by atoms with Gasteiger partial charge in [-0.25, -0.2) is 4.98 Å². The number of carbonyl (C=O) groups is 1. The van der Waals surface area contributed by atoms with Crippen LogP contribution in [0.4, 0.5) is 5.82 Å². The number of rotatable bonds is 3. The maximum atomic E-state index is 13.0. The van der Waals surface area contributed by atoms with Crippen molar-refractivity contribution < 1.29 is 9.53 Å². The SMILES string of the molecule is CN(C)c1nccnc1C1CN(C(=O)c2ccc3c(c2)CCC3)CCO1. The van der Waals surface area contributed by atoms with E-state index < -0.39 is 0 Å². The predicted molar refractivity (Wildman–Crippen MR) is 99.4 cm³/mol. The molecule has 0 spiro atoms. The number of amides is 1. The third-order valence-corrected chi connectivity index (χ3v) is 5.13. The van der Waals surface area contributed by atoms with E-state index in [1.54, 1.807) is 12.4 Å². The Labute approximate surface area is 153 Å². The van der Waals surface area contributed by atoms with Crippen LogP contribution in [0.1, 0.15) is 39.7 Å². The van der Waals surface area contributed by atoms with Crippen molar-refractivity contribution in [1.82, 2.24) is 14.9 Å². The molecule has 1 aromatic carbocycles. The van der Waals surface area contributed by atoms with Gasteiger partial charge in [0.1, 0.15) is 11.8 Å². The summed E-state index contributed by atoms with van der Waals surface area (Å²) in [7, 11) is 3.87. The Balaban J connectivity index is 1.55. The Morgan fingerprint density at radius 1 is 1.19 bits per heavy atom. The molecule has 6 nitrogen and oxygen atoms in total. The van der Waals surface area contributed by atoms with Gasteiger partial charge in [0.15, 0.2) is 5.82 Å². The van der Waals surface area contributed by atoms with Crippen molar-refractivity contribution >= 4 is 11.7 Å².